The number of amides is 1. The van der Waals surface area contributed by atoms with Crippen molar-refractivity contribution in [3.8, 4) is 5.75 Å². The number of methoxy groups -OCH3 is 1. The summed E-state index contributed by atoms with van der Waals surface area (Å²) in [6.07, 6.45) is 3.47. The molecule has 0 bridgehead atoms. The Labute approximate surface area is 166 Å². The van der Waals surface area contributed by atoms with E-state index in [4.69, 9.17) is 4.74 Å². The molecule has 1 fully saturated rings. The van der Waals surface area contributed by atoms with Crippen molar-refractivity contribution in [1.82, 2.24) is 9.80 Å². The van der Waals surface area contributed by atoms with E-state index in [9.17, 15) is 4.79 Å². The number of hydrogen-bond acceptors (Lipinski definition) is 4. The number of ether oxygens (including phenoxy) is 1. The highest BCUT2D eigenvalue weighted by Gasteiger charge is 2.24. The molecule has 1 amide bonds. The molecule has 1 atom stereocenters. The van der Waals surface area contributed by atoms with Crippen molar-refractivity contribution in [2.24, 2.45) is 5.92 Å². The fraction of sp³-hybridized carbons (Fsp3) is 0.500. The molecule has 0 radical (unpaired) electrons. The third-order valence-electron chi connectivity index (χ3n) is 5.33. The smallest absolute Gasteiger partial charge is 0.263 e. The van der Waals surface area contributed by atoms with Crippen LogP contribution in [0.25, 0.3) is 0 Å². The first-order valence-electron chi connectivity index (χ1n) is 9.87. The van der Waals surface area contributed by atoms with Gasteiger partial charge in [-0.05, 0) is 67.8 Å². The Morgan fingerprint density at radius 2 is 2.22 bits per heavy atom. The van der Waals surface area contributed by atoms with Crippen molar-refractivity contribution in [3.05, 3.63) is 52.2 Å². The Morgan fingerprint density at radius 1 is 1.33 bits per heavy atom. The van der Waals surface area contributed by atoms with E-state index >= 15 is 0 Å². The quantitative estimate of drug-likeness (QED) is 0.682. The van der Waals surface area contributed by atoms with Gasteiger partial charge in [0.15, 0.2) is 0 Å². The summed E-state index contributed by atoms with van der Waals surface area (Å²) in [6.45, 7) is 7.02. The maximum Gasteiger partial charge on any atom is 0.263 e. The van der Waals surface area contributed by atoms with Crippen LogP contribution in [0, 0.1) is 5.92 Å². The first-order valence-corrected chi connectivity index (χ1v) is 10.8. The fourth-order valence-corrected chi connectivity index (χ4v) is 4.53. The summed E-state index contributed by atoms with van der Waals surface area (Å²) in [6, 6.07) is 12.2. The lowest BCUT2D eigenvalue weighted by atomic mass is 9.96. The van der Waals surface area contributed by atoms with E-state index in [-0.39, 0.29) is 5.91 Å². The highest BCUT2D eigenvalue weighted by atomic mass is 32.1. The topological polar surface area (TPSA) is 32.8 Å². The molecule has 0 aliphatic carbocycles. The van der Waals surface area contributed by atoms with Crippen molar-refractivity contribution < 1.29 is 9.53 Å². The molecule has 146 valence electrons. The molecule has 0 N–H and O–H groups in total. The van der Waals surface area contributed by atoms with Crippen molar-refractivity contribution in [1.29, 1.82) is 0 Å². The van der Waals surface area contributed by atoms with Gasteiger partial charge in [-0.25, -0.2) is 0 Å². The molecule has 2 heterocycles. The molecule has 1 unspecified atom stereocenters. The lowest BCUT2D eigenvalue weighted by Crippen LogP contribution is -2.43. The van der Waals surface area contributed by atoms with Crippen LogP contribution in [-0.4, -0.2) is 55.5 Å². The van der Waals surface area contributed by atoms with Gasteiger partial charge in [0, 0.05) is 26.2 Å². The van der Waals surface area contributed by atoms with Crippen LogP contribution in [0.1, 0.15) is 35.0 Å². The summed E-state index contributed by atoms with van der Waals surface area (Å²) in [4.78, 5) is 18.1. The molecule has 27 heavy (non-hydrogen) atoms. The van der Waals surface area contributed by atoms with Gasteiger partial charge < -0.3 is 14.5 Å². The van der Waals surface area contributed by atoms with Crippen molar-refractivity contribution in [2.45, 2.75) is 26.2 Å². The summed E-state index contributed by atoms with van der Waals surface area (Å²) in [5.41, 5.74) is 1.32. The number of nitrogens with zero attached hydrogens (tertiary/aromatic N) is 2. The largest absolute Gasteiger partial charge is 0.497 e. The molecule has 1 aromatic carbocycles. The Bertz CT molecular complexity index is 717. The Morgan fingerprint density at radius 3 is 2.96 bits per heavy atom. The van der Waals surface area contributed by atoms with Gasteiger partial charge in [0.25, 0.3) is 5.91 Å². The zero-order chi connectivity index (χ0) is 19.1. The maximum absolute atomic E-state index is 12.7. The zero-order valence-corrected chi connectivity index (χ0v) is 17.2. The predicted molar refractivity (Wildman–Crippen MR) is 112 cm³/mol. The number of piperidine rings is 1. The molecule has 4 nitrogen and oxygen atoms in total. The Hall–Kier alpha value is -1.85. The number of benzene rings is 1. The second-order valence-corrected chi connectivity index (χ2v) is 8.18. The summed E-state index contributed by atoms with van der Waals surface area (Å²) in [5, 5.41) is 1.97. The highest BCUT2D eigenvalue weighted by molar-refractivity contribution is 7.12. The number of likely N-dealkylation sites (tertiary alicyclic amines) is 1. The molecule has 1 saturated heterocycles. The maximum atomic E-state index is 12.7. The van der Waals surface area contributed by atoms with Crippen LogP contribution in [0.5, 0.6) is 5.75 Å². The van der Waals surface area contributed by atoms with E-state index < -0.39 is 0 Å². The minimum absolute atomic E-state index is 0.181. The van der Waals surface area contributed by atoms with E-state index in [1.807, 2.05) is 28.5 Å². The normalized spacial score (nSPS) is 17.6. The Kier molecular flexibility index (Phi) is 7.30. The van der Waals surface area contributed by atoms with Crippen LogP contribution in [0.4, 0.5) is 0 Å². The molecule has 5 heteroatoms. The second kappa shape index (κ2) is 9.90. The minimum Gasteiger partial charge on any atom is -0.497 e. The second-order valence-electron chi connectivity index (χ2n) is 7.23. The lowest BCUT2D eigenvalue weighted by Gasteiger charge is -2.35. The van der Waals surface area contributed by atoms with Crippen LogP contribution in [-0.2, 0) is 6.42 Å². The van der Waals surface area contributed by atoms with Crippen molar-refractivity contribution in [2.75, 3.05) is 39.8 Å². The van der Waals surface area contributed by atoms with Crippen molar-refractivity contribution >= 4 is 17.2 Å². The van der Waals surface area contributed by atoms with E-state index in [1.165, 1.54) is 29.7 Å². The zero-order valence-electron chi connectivity index (χ0n) is 16.4. The van der Waals surface area contributed by atoms with E-state index in [0.29, 0.717) is 5.92 Å². The molecule has 2 aromatic rings. The summed E-state index contributed by atoms with van der Waals surface area (Å²) >= 11 is 1.53. The van der Waals surface area contributed by atoms with Crippen molar-refractivity contribution in [3.63, 3.8) is 0 Å². The Balaban J connectivity index is 1.51. The van der Waals surface area contributed by atoms with Gasteiger partial charge in [-0.2, -0.15) is 0 Å². The molecule has 3 rings (SSSR count). The molecule has 1 aliphatic rings. The third-order valence-corrected chi connectivity index (χ3v) is 6.19. The summed E-state index contributed by atoms with van der Waals surface area (Å²) in [5.74, 6) is 1.67. The number of carbonyl (C=O) groups excluding carboxylic acids is 1. The van der Waals surface area contributed by atoms with Gasteiger partial charge in [0.2, 0.25) is 0 Å². The first kappa shape index (κ1) is 19.9. The molecule has 0 spiro atoms. The SMILES string of the molecule is CCN(CC1CCCN(CCc2cccc(OC)c2)C1)C(=O)c1cccs1. The summed E-state index contributed by atoms with van der Waals surface area (Å²) in [7, 11) is 1.71. The van der Waals surface area contributed by atoms with E-state index in [2.05, 4.69) is 30.0 Å². The number of carbonyl (C=O) groups is 1. The third kappa shape index (κ3) is 5.56. The van der Waals surface area contributed by atoms with Gasteiger partial charge in [-0.1, -0.05) is 18.2 Å². The standard InChI is InChI=1S/C22H30N2O2S/c1-3-24(22(25)21-10-6-14-27-21)17-19-8-5-12-23(16-19)13-11-18-7-4-9-20(15-18)26-2/h4,6-7,9-10,14-15,19H,3,5,8,11-13,16-17H2,1-2H3. The van der Waals surface area contributed by atoms with Gasteiger partial charge in [-0.3, -0.25) is 4.79 Å². The molecule has 0 saturated carbocycles. The molecule has 1 aromatic heterocycles. The van der Waals surface area contributed by atoms with Crippen LogP contribution in [0.3, 0.4) is 0 Å². The number of thiophene rings is 1. The van der Waals surface area contributed by atoms with Crippen LogP contribution in [0.15, 0.2) is 41.8 Å². The lowest BCUT2D eigenvalue weighted by molar-refractivity contribution is 0.0695. The van der Waals surface area contributed by atoms with Gasteiger partial charge in [0.1, 0.15) is 5.75 Å². The average molecular weight is 387 g/mol. The van der Waals surface area contributed by atoms with Crippen LogP contribution >= 0.6 is 11.3 Å². The monoisotopic (exact) mass is 386 g/mol. The van der Waals surface area contributed by atoms with Gasteiger partial charge in [-0.15, -0.1) is 11.3 Å². The molecule has 1 aliphatic heterocycles. The van der Waals surface area contributed by atoms with Crippen LogP contribution in [0.2, 0.25) is 0 Å². The van der Waals surface area contributed by atoms with E-state index in [0.717, 1.165) is 49.8 Å². The van der Waals surface area contributed by atoms with Crippen LogP contribution < -0.4 is 4.74 Å². The number of hydrogen-bond donors (Lipinski definition) is 0. The molecular weight excluding hydrogens is 356 g/mol. The first-order chi connectivity index (χ1) is 13.2. The summed E-state index contributed by atoms with van der Waals surface area (Å²) < 4.78 is 5.32. The fourth-order valence-electron chi connectivity index (χ4n) is 3.84. The predicted octanol–water partition coefficient (Wildman–Crippen LogP) is 4.17. The number of rotatable bonds is 8. The van der Waals surface area contributed by atoms with Gasteiger partial charge in [0.05, 0.1) is 12.0 Å². The van der Waals surface area contributed by atoms with E-state index in [1.54, 1.807) is 7.11 Å². The minimum atomic E-state index is 0.181. The van der Waals surface area contributed by atoms with Gasteiger partial charge >= 0.3 is 0 Å². The average Bonchev–Trinajstić information content (AvgIpc) is 3.25. The molecular formula is C22H30N2O2S. The highest BCUT2D eigenvalue weighted by Crippen LogP contribution is 2.21.